The Morgan fingerprint density at radius 2 is 2.09 bits per heavy atom. The topological polar surface area (TPSA) is 75.1 Å². The average molecular weight is 332 g/mol. The van der Waals surface area contributed by atoms with Crippen LogP contribution in [0.15, 0.2) is 16.9 Å². The summed E-state index contributed by atoms with van der Waals surface area (Å²) in [5, 5.41) is 3.45. The van der Waals surface area contributed by atoms with Crippen molar-refractivity contribution in [1.82, 2.24) is 14.3 Å². The van der Waals surface area contributed by atoms with Gasteiger partial charge in [-0.1, -0.05) is 12.2 Å². The minimum Gasteiger partial charge on any atom is -0.496 e. The van der Waals surface area contributed by atoms with E-state index in [1.807, 2.05) is 0 Å². The number of nitrogens with two attached hydrogens (primary N) is 1. The molecule has 22 heavy (non-hydrogen) atoms. The van der Waals surface area contributed by atoms with E-state index in [0.717, 1.165) is 19.2 Å². The van der Waals surface area contributed by atoms with Gasteiger partial charge in [0.1, 0.15) is 22.2 Å². The van der Waals surface area contributed by atoms with Gasteiger partial charge in [0.2, 0.25) is 5.82 Å². The van der Waals surface area contributed by atoms with E-state index in [2.05, 4.69) is 5.10 Å². The van der Waals surface area contributed by atoms with Gasteiger partial charge < -0.3 is 10.5 Å². The molecule has 0 aliphatic carbocycles. The summed E-state index contributed by atoms with van der Waals surface area (Å²) in [6.45, 7) is 0. The highest BCUT2D eigenvalue weighted by Crippen LogP contribution is 2.25. The van der Waals surface area contributed by atoms with Crippen LogP contribution in [0.1, 0.15) is 17.8 Å². The van der Waals surface area contributed by atoms with Crippen LogP contribution in [0, 0.1) is 5.82 Å². The minimum absolute atomic E-state index is 0.0973. The zero-order chi connectivity index (χ0) is 16.6. The lowest BCUT2D eigenvalue weighted by Crippen LogP contribution is -2.23. The number of methoxy groups -OCH3 is 1. The van der Waals surface area contributed by atoms with Gasteiger partial charge in [-0.05, 0) is 6.07 Å². The summed E-state index contributed by atoms with van der Waals surface area (Å²) in [5.41, 5.74) is 4.30. The van der Waals surface area contributed by atoms with Crippen molar-refractivity contribution in [2.24, 2.45) is 12.8 Å². The van der Waals surface area contributed by atoms with Crippen LogP contribution in [0.3, 0.4) is 0 Å². The third kappa shape index (κ3) is 2.56. The number of thiocarbonyl (C=S) groups is 1. The lowest BCUT2D eigenvalue weighted by Gasteiger charge is -2.10. The van der Waals surface area contributed by atoms with Gasteiger partial charge in [-0.15, -0.1) is 5.10 Å². The number of hydrogen-bond donors (Lipinski definition) is 1. The summed E-state index contributed by atoms with van der Waals surface area (Å²) in [7, 11) is 2.41. The maximum atomic E-state index is 14.2. The standard InChI is InChI=1S/C12H11F3N4O2S/c1-18-11(9(14)15)17-19(12(18)20)7-4-8(21-2)5(10(16)22)3-6(7)13/h3-4,9H,1-2H3,(H2,16,22). The van der Waals surface area contributed by atoms with Gasteiger partial charge in [-0.3, -0.25) is 4.57 Å². The molecule has 0 fully saturated rings. The van der Waals surface area contributed by atoms with Crippen molar-refractivity contribution in [3.8, 4) is 11.4 Å². The molecule has 0 aliphatic rings. The summed E-state index contributed by atoms with van der Waals surface area (Å²) >= 11 is 4.76. The Morgan fingerprint density at radius 3 is 2.55 bits per heavy atom. The Balaban J connectivity index is 2.71. The number of rotatable bonds is 4. The zero-order valence-electron chi connectivity index (χ0n) is 11.5. The van der Waals surface area contributed by atoms with Gasteiger partial charge in [0, 0.05) is 13.1 Å². The molecule has 1 aromatic carbocycles. The molecule has 0 bridgehead atoms. The summed E-state index contributed by atoms with van der Waals surface area (Å²) in [6, 6.07) is 2.08. The molecule has 2 aromatic rings. The number of hydrogen-bond acceptors (Lipinski definition) is 4. The summed E-state index contributed by atoms with van der Waals surface area (Å²) in [6.07, 6.45) is -2.97. The lowest BCUT2D eigenvalue weighted by molar-refractivity contribution is 0.136. The highest BCUT2D eigenvalue weighted by Gasteiger charge is 2.22. The van der Waals surface area contributed by atoms with Crippen molar-refractivity contribution in [1.29, 1.82) is 0 Å². The molecule has 118 valence electrons. The Kier molecular flexibility index (Phi) is 4.22. The van der Waals surface area contributed by atoms with E-state index in [4.69, 9.17) is 22.7 Å². The molecule has 1 heterocycles. The monoisotopic (exact) mass is 332 g/mol. The molecule has 0 radical (unpaired) electrons. The number of aromatic nitrogens is 3. The molecule has 0 atom stereocenters. The molecule has 0 unspecified atom stereocenters. The van der Waals surface area contributed by atoms with Crippen molar-refractivity contribution < 1.29 is 17.9 Å². The maximum Gasteiger partial charge on any atom is 0.350 e. The van der Waals surface area contributed by atoms with Crippen molar-refractivity contribution in [3.05, 3.63) is 39.8 Å². The molecule has 0 amide bonds. The van der Waals surface area contributed by atoms with Gasteiger partial charge >= 0.3 is 5.69 Å². The Hall–Kier alpha value is -2.36. The van der Waals surface area contributed by atoms with Crippen LogP contribution in [0.5, 0.6) is 5.75 Å². The highest BCUT2D eigenvalue weighted by molar-refractivity contribution is 7.80. The Morgan fingerprint density at radius 1 is 1.45 bits per heavy atom. The fourth-order valence-corrected chi connectivity index (χ4v) is 2.03. The number of benzene rings is 1. The molecule has 10 heteroatoms. The van der Waals surface area contributed by atoms with E-state index >= 15 is 0 Å². The van der Waals surface area contributed by atoms with Crippen molar-refractivity contribution in [2.45, 2.75) is 6.43 Å². The number of ether oxygens (including phenoxy) is 1. The number of nitrogens with zero attached hydrogens (tertiary/aromatic N) is 3. The first-order valence-corrected chi connectivity index (χ1v) is 6.30. The van der Waals surface area contributed by atoms with Crippen molar-refractivity contribution in [2.75, 3.05) is 7.11 Å². The first-order chi connectivity index (χ1) is 10.3. The molecule has 6 nitrogen and oxygen atoms in total. The molecule has 0 spiro atoms. The van der Waals surface area contributed by atoms with Crippen LogP contribution in [0.4, 0.5) is 13.2 Å². The molecule has 2 rings (SSSR count). The quantitative estimate of drug-likeness (QED) is 0.854. The van der Waals surface area contributed by atoms with E-state index in [-0.39, 0.29) is 22.0 Å². The molecular formula is C12H11F3N4O2S. The zero-order valence-corrected chi connectivity index (χ0v) is 12.3. The lowest BCUT2D eigenvalue weighted by atomic mass is 10.1. The molecule has 1 aromatic heterocycles. The van der Waals surface area contributed by atoms with E-state index < -0.39 is 23.8 Å². The normalized spacial score (nSPS) is 11.0. The van der Waals surface area contributed by atoms with E-state index in [1.165, 1.54) is 7.11 Å². The van der Waals surface area contributed by atoms with Crippen molar-refractivity contribution in [3.63, 3.8) is 0 Å². The van der Waals surface area contributed by atoms with Crippen LogP contribution >= 0.6 is 12.2 Å². The predicted octanol–water partition coefficient (Wildman–Crippen LogP) is 1.29. The van der Waals surface area contributed by atoms with Crippen LogP contribution in [-0.4, -0.2) is 26.4 Å². The fraction of sp³-hybridized carbons (Fsp3) is 0.250. The third-order valence-electron chi connectivity index (χ3n) is 2.97. The minimum atomic E-state index is -2.97. The first kappa shape index (κ1) is 16.0. The van der Waals surface area contributed by atoms with Gasteiger partial charge in [-0.25, -0.2) is 18.0 Å². The summed E-state index contributed by atoms with van der Waals surface area (Å²) < 4.78 is 45.9. The van der Waals surface area contributed by atoms with Crippen LogP contribution < -0.4 is 16.2 Å². The number of halogens is 3. The van der Waals surface area contributed by atoms with Gasteiger partial charge in [0.25, 0.3) is 6.43 Å². The molecule has 0 aliphatic heterocycles. The average Bonchev–Trinajstić information content (AvgIpc) is 2.75. The SMILES string of the molecule is COc1cc(-n2nc(C(F)F)n(C)c2=O)c(F)cc1C(N)=S. The van der Waals surface area contributed by atoms with Crippen LogP contribution in [0.25, 0.3) is 5.69 Å². The van der Waals surface area contributed by atoms with Gasteiger partial charge in [0.05, 0.1) is 12.7 Å². The van der Waals surface area contributed by atoms with Gasteiger partial charge in [-0.2, -0.15) is 4.68 Å². The second kappa shape index (κ2) is 5.79. The third-order valence-corrected chi connectivity index (χ3v) is 3.19. The van der Waals surface area contributed by atoms with E-state index in [9.17, 15) is 18.0 Å². The van der Waals surface area contributed by atoms with E-state index in [0.29, 0.717) is 9.25 Å². The van der Waals surface area contributed by atoms with Gasteiger partial charge in [0.15, 0.2) is 0 Å². The predicted molar refractivity (Wildman–Crippen MR) is 76.2 cm³/mol. The maximum absolute atomic E-state index is 14.2. The first-order valence-electron chi connectivity index (χ1n) is 5.89. The summed E-state index contributed by atoms with van der Waals surface area (Å²) in [4.78, 5) is 11.8. The van der Waals surface area contributed by atoms with Crippen LogP contribution in [0.2, 0.25) is 0 Å². The Bertz CT molecular complexity index is 800. The summed E-state index contributed by atoms with van der Waals surface area (Å²) in [5.74, 6) is -1.58. The molecule has 2 N–H and O–H groups in total. The van der Waals surface area contributed by atoms with E-state index in [1.54, 1.807) is 0 Å². The Labute approximate surface area is 127 Å². The number of alkyl halides is 2. The second-order valence-corrected chi connectivity index (χ2v) is 4.72. The second-order valence-electron chi connectivity index (χ2n) is 4.28. The highest BCUT2D eigenvalue weighted by atomic mass is 32.1. The molecule has 0 saturated carbocycles. The molecular weight excluding hydrogens is 321 g/mol. The van der Waals surface area contributed by atoms with Crippen molar-refractivity contribution >= 4 is 17.2 Å². The van der Waals surface area contributed by atoms with Crippen LogP contribution in [-0.2, 0) is 7.05 Å². The smallest absolute Gasteiger partial charge is 0.350 e. The fourth-order valence-electron chi connectivity index (χ4n) is 1.87. The molecule has 0 saturated heterocycles. The largest absolute Gasteiger partial charge is 0.496 e.